The van der Waals surface area contributed by atoms with E-state index in [0.29, 0.717) is 18.4 Å². The predicted octanol–water partition coefficient (Wildman–Crippen LogP) is 1.19. The molecule has 1 atom stereocenters. The second-order valence-corrected chi connectivity index (χ2v) is 5.78. The summed E-state index contributed by atoms with van der Waals surface area (Å²) in [6, 6.07) is -0.648. The van der Waals surface area contributed by atoms with Crippen LogP contribution in [0.4, 0.5) is 0 Å². The largest absolute Gasteiger partial charge is 0.368 e. The summed E-state index contributed by atoms with van der Waals surface area (Å²) in [5.41, 5.74) is 6.41. The third kappa shape index (κ3) is 3.37. The molecule has 6 heteroatoms. The van der Waals surface area contributed by atoms with Gasteiger partial charge in [0.25, 0.3) is 5.91 Å². The number of hydrogen-bond donors (Lipinski definition) is 2. The zero-order valence-corrected chi connectivity index (χ0v) is 12.9. The molecule has 1 aromatic rings. The SMILES string of the molecule is CCc1c(C(=O)NC(CC)C(N)=O)cnn1C(C)(C)C. The maximum Gasteiger partial charge on any atom is 0.255 e. The quantitative estimate of drug-likeness (QED) is 0.849. The molecule has 0 aliphatic rings. The molecule has 0 bridgehead atoms. The van der Waals surface area contributed by atoms with E-state index < -0.39 is 11.9 Å². The van der Waals surface area contributed by atoms with E-state index in [1.807, 2.05) is 32.4 Å². The summed E-state index contributed by atoms with van der Waals surface area (Å²) in [6.45, 7) is 9.85. The molecule has 0 fully saturated rings. The molecule has 112 valence electrons. The molecule has 0 spiro atoms. The third-order valence-corrected chi connectivity index (χ3v) is 3.14. The Hall–Kier alpha value is -1.85. The zero-order valence-electron chi connectivity index (χ0n) is 12.9. The number of carbonyl (C=O) groups is 2. The molecule has 0 aromatic carbocycles. The summed E-state index contributed by atoms with van der Waals surface area (Å²) in [5, 5.41) is 6.95. The normalized spacial score (nSPS) is 13.1. The van der Waals surface area contributed by atoms with Crippen LogP contribution in [0.3, 0.4) is 0 Å². The van der Waals surface area contributed by atoms with Crippen molar-refractivity contribution in [3.8, 4) is 0 Å². The summed E-state index contributed by atoms with van der Waals surface area (Å²) < 4.78 is 1.84. The van der Waals surface area contributed by atoms with E-state index in [1.54, 1.807) is 13.1 Å². The lowest BCUT2D eigenvalue weighted by atomic mass is 10.1. The standard InChI is InChI=1S/C14H24N4O2/c1-6-10(12(15)19)17-13(20)9-8-16-18(11(9)7-2)14(3,4)5/h8,10H,6-7H2,1-5H3,(H2,15,19)(H,17,20). The first-order valence-corrected chi connectivity index (χ1v) is 6.89. The van der Waals surface area contributed by atoms with Gasteiger partial charge in [-0.15, -0.1) is 0 Å². The monoisotopic (exact) mass is 280 g/mol. The molecule has 0 aliphatic carbocycles. The number of primary amides is 1. The van der Waals surface area contributed by atoms with Crippen molar-refractivity contribution in [1.82, 2.24) is 15.1 Å². The number of rotatable bonds is 5. The van der Waals surface area contributed by atoms with Crippen molar-refractivity contribution in [2.75, 3.05) is 0 Å². The molecule has 0 saturated heterocycles. The highest BCUT2D eigenvalue weighted by Gasteiger charge is 2.25. The van der Waals surface area contributed by atoms with Gasteiger partial charge in [-0.2, -0.15) is 5.10 Å². The lowest BCUT2D eigenvalue weighted by Crippen LogP contribution is -2.44. The molecule has 20 heavy (non-hydrogen) atoms. The lowest BCUT2D eigenvalue weighted by Gasteiger charge is -2.22. The first kappa shape index (κ1) is 16.2. The molecule has 2 amide bonds. The Labute approximate surface area is 119 Å². The summed E-state index contributed by atoms with van der Waals surface area (Å²) in [7, 11) is 0. The zero-order chi connectivity index (χ0) is 15.5. The number of nitrogens with zero attached hydrogens (tertiary/aromatic N) is 2. The van der Waals surface area contributed by atoms with E-state index in [4.69, 9.17) is 5.73 Å². The average molecular weight is 280 g/mol. The number of amides is 2. The topological polar surface area (TPSA) is 90.0 Å². The van der Waals surface area contributed by atoms with E-state index in [2.05, 4.69) is 10.4 Å². The molecule has 0 saturated carbocycles. The predicted molar refractivity (Wildman–Crippen MR) is 77.3 cm³/mol. The molecule has 3 N–H and O–H groups in total. The van der Waals surface area contributed by atoms with E-state index in [9.17, 15) is 9.59 Å². The van der Waals surface area contributed by atoms with Gasteiger partial charge in [-0.1, -0.05) is 13.8 Å². The van der Waals surface area contributed by atoms with Gasteiger partial charge in [0, 0.05) is 0 Å². The van der Waals surface area contributed by atoms with Crippen LogP contribution in [0.1, 0.15) is 57.1 Å². The average Bonchev–Trinajstić information content (AvgIpc) is 2.78. The fraction of sp³-hybridized carbons (Fsp3) is 0.643. The Balaban J connectivity index is 3.06. The van der Waals surface area contributed by atoms with Crippen molar-refractivity contribution in [3.63, 3.8) is 0 Å². The van der Waals surface area contributed by atoms with Gasteiger partial charge in [0.1, 0.15) is 6.04 Å². The van der Waals surface area contributed by atoms with Crippen molar-refractivity contribution in [1.29, 1.82) is 0 Å². The Kier molecular flexibility index (Phi) is 4.92. The molecule has 1 aromatic heterocycles. The second-order valence-electron chi connectivity index (χ2n) is 5.78. The molecular weight excluding hydrogens is 256 g/mol. The van der Waals surface area contributed by atoms with Crippen molar-refractivity contribution in [3.05, 3.63) is 17.5 Å². The van der Waals surface area contributed by atoms with Gasteiger partial charge in [0.15, 0.2) is 0 Å². The fourth-order valence-electron chi connectivity index (χ4n) is 2.09. The van der Waals surface area contributed by atoms with E-state index >= 15 is 0 Å². The maximum absolute atomic E-state index is 12.3. The van der Waals surface area contributed by atoms with Gasteiger partial charge in [0.05, 0.1) is 23.0 Å². The van der Waals surface area contributed by atoms with E-state index in [-0.39, 0.29) is 11.4 Å². The molecule has 0 radical (unpaired) electrons. The number of nitrogens with two attached hydrogens (primary N) is 1. The van der Waals surface area contributed by atoms with Crippen LogP contribution in [0.5, 0.6) is 0 Å². The van der Waals surface area contributed by atoms with Gasteiger partial charge < -0.3 is 11.1 Å². The van der Waals surface area contributed by atoms with Gasteiger partial charge in [0.2, 0.25) is 5.91 Å². The van der Waals surface area contributed by atoms with Crippen molar-refractivity contribution < 1.29 is 9.59 Å². The minimum Gasteiger partial charge on any atom is -0.368 e. The highest BCUT2D eigenvalue weighted by molar-refractivity contribution is 5.98. The molecule has 0 aliphatic heterocycles. The van der Waals surface area contributed by atoms with E-state index in [1.165, 1.54) is 0 Å². The van der Waals surface area contributed by atoms with Crippen LogP contribution in [0.25, 0.3) is 0 Å². The van der Waals surface area contributed by atoms with Crippen LogP contribution in [-0.2, 0) is 16.8 Å². The van der Waals surface area contributed by atoms with E-state index in [0.717, 1.165) is 5.69 Å². The summed E-state index contributed by atoms with van der Waals surface area (Å²) >= 11 is 0. The smallest absolute Gasteiger partial charge is 0.255 e. The first-order valence-electron chi connectivity index (χ1n) is 6.89. The molecular formula is C14H24N4O2. The highest BCUT2D eigenvalue weighted by atomic mass is 16.2. The Morgan fingerprint density at radius 2 is 2.00 bits per heavy atom. The Morgan fingerprint density at radius 1 is 1.40 bits per heavy atom. The highest BCUT2D eigenvalue weighted by Crippen LogP contribution is 2.19. The molecule has 1 unspecified atom stereocenters. The summed E-state index contributed by atoms with van der Waals surface area (Å²) in [5.74, 6) is -0.829. The maximum atomic E-state index is 12.3. The van der Waals surface area contributed by atoms with Crippen LogP contribution in [0.2, 0.25) is 0 Å². The van der Waals surface area contributed by atoms with Crippen molar-refractivity contribution in [2.24, 2.45) is 5.73 Å². The number of carbonyl (C=O) groups excluding carboxylic acids is 2. The van der Waals surface area contributed by atoms with Crippen LogP contribution >= 0.6 is 0 Å². The minimum atomic E-state index is -0.648. The second kappa shape index (κ2) is 6.07. The van der Waals surface area contributed by atoms with Gasteiger partial charge in [-0.3, -0.25) is 14.3 Å². The molecule has 6 nitrogen and oxygen atoms in total. The van der Waals surface area contributed by atoms with Crippen LogP contribution in [-0.4, -0.2) is 27.6 Å². The number of aromatic nitrogens is 2. The van der Waals surface area contributed by atoms with Crippen molar-refractivity contribution in [2.45, 2.75) is 59.0 Å². The molecule has 1 rings (SSSR count). The first-order chi connectivity index (χ1) is 9.22. The van der Waals surface area contributed by atoms with Gasteiger partial charge in [-0.05, 0) is 33.6 Å². The fourth-order valence-corrected chi connectivity index (χ4v) is 2.09. The Morgan fingerprint density at radius 3 is 2.40 bits per heavy atom. The van der Waals surface area contributed by atoms with Gasteiger partial charge in [-0.25, -0.2) is 0 Å². The number of hydrogen-bond acceptors (Lipinski definition) is 3. The number of nitrogens with one attached hydrogen (secondary N) is 1. The van der Waals surface area contributed by atoms with Crippen LogP contribution < -0.4 is 11.1 Å². The van der Waals surface area contributed by atoms with Crippen LogP contribution in [0.15, 0.2) is 6.20 Å². The minimum absolute atomic E-state index is 0.197. The third-order valence-electron chi connectivity index (χ3n) is 3.14. The van der Waals surface area contributed by atoms with Gasteiger partial charge >= 0.3 is 0 Å². The summed E-state index contributed by atoms with van der Waals surface area (Å²) in [4.78, 5) is 23.5. The Bertz CT molecular complexity index is 500. The summed E-state index contributed by atoms with van der Waals surface area (Å²) in [6.07, 6.45) is 2.70. The lowest BCUT2D eigenvalue weighted by molar-refractivity contribution is -0.119. The van der Waals surface area contributed by atoms with Crippen molar-refractivity contribution >= 4 is 11.8 Å². The molecule has 1 heterocycles. The van der Waals surface area contributed by atoms with Crippen LogP contribution in [0, 0.1) is 0 Å².